The van der Waals surface area contributed by atoms with Gasteiger partial charge in [0.25, 0.3) is 5.56 Å². The summed E-state index contributed by atoms with van der Waals surface area (Å²) in [5, 5.41) is -3.22. The van der Waals surface area contributed by atoms with Crippen LogP contribution in [0.3, 0.4) is 0 Å². The number of hydrogen-bond acceptors (Lipinski definition) is 4. The molecular formula is C9H10Cl3N4O3P. The van der Waals surface area contributed by atoms with E-state index in [9.17, 15) is 14.2 Å². The average Bonchev–Trinajstić information content (AvgIpc) is 2.69. The molecule has 20 heavy (non-hydrogen) atoms. The van der Waals surface area contributed by atoms with Crippen LogP contribution < -0.4 is 11.2 Å². The van der Waals surface area contributed by atoms with E-state index in [1.54, 1.807) is 17.7 Å². The Balaban J connectivity index is 0.000000347. The molecule has 110 valence electrons. The van der Waals surface area contributed by atoms with Crippen molar-refractivity contribution in [3.8, 4) is 0 Å². The van der Waals surface area contributed by atoms with Crippen molar-refractivity contribution in [3.63, 3.8) is 0 Å². The van der Waals surface area contributed by atoms with Gasteiger partial charge in [0.1, 0.15) is 0 Å². The van der Waals surface area contributed by atoms with Crippen molar-refractivity contribution in [1.29, 1.82) is 0 Å². The highest BCUT2D eigenvalue weighted by atomic mass is 36.0. The normalized spacial score (nSPS) is 11.0. The van der Waals surface area contributed by atoms with E-state index in [4.69, 9.17) is 0 Å². The van der Waals surface area contributed by atoms with E-state index in [1.807, 2.05) is 0 Å². The van der Waals surface area contributed by atoms with Gasteiger partial charge in [-0.05, 0) is 33.7 Å². The van der Waals surface area contributed by atoms with Gasteiger partial charge in [-0.25, -0.2) is 9.78 Å². The predicted octanol–water partition coefficient (Wildman–Crippen LogP) is 2.42. The quantitative estimate of drug-likeness (QED) is 0.658. The molecule has 0 aromatic carbocycles. The Kier molecular flexibility index (Phi) is 5.65. The minimum Gasteiger partial charge on any atom is -0.321 e. The van der Waals surface area contributed by atoms with Crippen LogP contribution in [0.5, 0.6) is 0 Å². The van der Waals surface area contributed by atoms with Crippen molar-refractivity contribution in [3.05, 3.63) is 39.8 Å². The molecule has 2 aromatic heterocycles. The number of rotatable bonds is 2. The van der Waals surface area contributed by atoms with E-state index in [0.29, 0.717) is 17.7 Å². The lowest BCUT2D eigenvalue weighted by Crippen LogP contribution is -2.29. The molecule has 2 aromatic rings. The van der Waals surface area contributed by atoms with Crippen LogP contribution in [0.15, 0.2) is 28.6 Å². The molecule has 0 radical (unpaired) electrons. The van der Waals surface area contributed by atoms with Crippen molar-refractivity contribution < 1.29 is 4.57 Å². The third-order valence-corrected chi connectivity index (χ3v) is 2.20. The van der Waals surface area contributed by atoms with Crippen LogP contribution in [0, 0.1) is 0 Å². The molecule has 2 rings (SSSR count). The lowest BCUT2D eigenvalue weighted by Gasteiger charge is -1.99. The first-order chi connectivity index (χ1) is 9.15. The van der Waals surface area contributed by atoms with Crippen molar-refractivity contribution >= 4 is 50.1 Å². The van der Waals surface area contributed by atoms with Crippen molar-refractivity contribution in [2.45, 2.75) is 6.54 Å². The third-order valence-electron chi connectivity index (χ3n) is 2.20. The summed E-state index contributed by atoms with van der Waals surface area (Å²) in [6.07, 6.45) is 3.17. The zero-order chi connectivity index (χ0) is 15.5. The molecule has 0 aliphatic rings. The smallest absolute Gasteiger partial charge is 0.321 e. The van der Waals surface area contributed by atoms with Gasteiger partial charge in [-0.15, -0.1) is 6.58 Å². The number of aryl methyl sites for hydroxylation is 1. The molecule has 0 saturated carbocycles. The van der Waals surface area contributed by atoms with Gasteiger partial charge in [0, 0.05) is 13.6 Å². The number of H-pyrrole nitrogens is 1. The number of halogens is 3. The maximum Gasteiger partial charge on any atom is 0.339 e. The van der Waals surface area contributed by atoms with Crippen molar-refractivity contribution in [2.24, 2.45) is 7.05 Å². The number of hydrogen-bond donors (Lipinski definition) is 1. The number of allylic oxidation sites excluding steroid dienone is 1. The summed E-state index contributed by atoms with van der Waals surface area (Å²) in [5.41, 5.74) is -0.119. The SMILES string of the molecule is C=CCn1cnc2c1c(=O)[nH]c(=O)n2C.O=P(Cl)(Cl)Cl. The average molecular weight is 360 g/mol. The summed E-state index contributed by atoms with van der Waals surface area (Å²) in [7, 11) is 1.56. The van der Waals surface area contributed by atoms with Gasteiger partial charge in [-0.3, -0.25) is 18.9 Å². The highest BCUT2D eigenvalue weighted by molar-refractivity contribution is 8.24. The Labute approximate surface area is 127 Å². The van der Waals surface area contributed by atoms with Gasteiger partial charge in [-0.2, -0.15) is 0 Å². The molecule has 0 amide bonds. The number of nitrogens with zero attached hydrogens (tertiary/aromatic N) is 3. The van der Waals surface area contributed by atoms with Crippen LogP contribution in [0.4, 0.5) is 0 Å². The molecule has 0 unspecified atom stereocenters. The first-order valence-corrected chi connectivity index (χ1v) is 9.51. The lowest BCUT2D eigenvalue weighted by atomic mass is 10.5. The minimum atomic E-state index is -3.22. The highest BCUT2D eigenvalue weighted by Crippen LogP contribution is 2.61. The molecule has 0 bridgehead atoms. The minimum absolute atomic E-state index is 0.380. The first kappa shape index (κ1) is 17.0. The van der Waals surface area contributed by atoms with Crippen LogP contribution in [0.1, 0.15) is 0 Å². The molecule has 2 heterocycles. The summed E-state index contributed by atoms with van der Waals surface area (Å²) in [5.74, 6) is 0. The summed E-state index contributed by atoms with van der Waals surface area (Å²) in [6.45, 7) is 4.07. The van der Waals surface area contributed by atoms with Gasteiger partial charge < -0.3 is 4.57 Å². The second kappa shape index (κ2) is 6.63. The van der Waals surface area contributed by atoms with Crippen LogP contribution in [0.25, 0.3) is 11.2 Å². The molecule has 0 fully saturated rings. The molecule has 0 aliphatic carbocycles. The Bertz CT molecular complexity index is 780. The second-order valence-corrected chi connectivity index (χ2v) is 10.2. The standard InChI is InChI=1S/C9H10N4O2.Cl3OP/c1-3-4-13-5-10-7-6(13)8(14)11-9(15)12(7)2;1-5(2,3)4/h3,5H,1,4H2,2H3,(H,11,14,15);. The van der Waals surface area contributed by atoms with Crippen LogP contribution in [-0.2, 0) is 18.2 Å². The highest BCUT2D eigenvalue weighted by Gasteiger charge is 2.09. The topological polar surface area (TPSA) is 89.8 Å². The fourth-order valence-corrected chi connectivity index (χ4v) is 1.46. The number of nitrogens with one attached hydrogen (secondary N) is 1. The van der Waals surface area contributed by atoms with Gasteiger partial charge in [0.05, 0.1) is 6.33 Å². The Morgan fingerprint density at radius 2 is 2.00 bits per heavy atom. The Morgan fingerprint density at radius 3 is 2.50 bits per heavy atom. The monoisotopic (exact) mass is 358 g/mol. The van der Waals surface area contributed by atoms with Crippen molar-refractivity contribution in [2.75, 3.05) is 0 Å². The predicted molar refractivity (Wildman–Crippen MR) is 81.0 cm³/mol. The van der Waals surface area contributed by atoms with Gasteiger partial charge in [0.2, 0.25) is 0 Å². The fraction of sp³-hybridized carbons (Fsp3) is 0.222. The van der Waals surface area contributed by atoms with Gasteiger partial charge in [-0.1, -0.05) is 6.08 Å². The first-order valence-electron chi connectivity index (χ1n) is 5.09. The van der Waals surface area contributed by atoms with E-state index in [-0.39, 0.29) is 0 Å². The Morgan fingerprint density at radius 1 is 1.45 bits per heavy atom. The maximum atomic E-state index is 11.5. The molecular weight excluding hydrogens is 349 g/mol. The number of aromatic nitrogens is 4. The van der Waals surface area contributed by atoms with E-state index in [2.05, 4.69) is 50.3 Å². The summed E-state index contributed by atoms with van der Waals surface area (Å²) >= 11 is 13.8. The lowest BCUT2D eigenvalue weighted by molar-refractivity contribution is 0.600. The summed E-state index contributed by atoms with van der Waals surface area (Å²) in [6, 6.07) is 0. The molecule has 0 spiro atoms. The molecule has 0 atom stereocenters. The van der Waals surface area contributed by atoms with E-state index in [0.717, 1.165) is 0 Å². The van der Waals surface area contributed by atoms with E-state index >= 15 is 0 Å². The third kappa shape index (κ3) is 4.52. The molecule has 1 N–H and O–H groups in total. The van der Waals surface area contributed by atoms with E-state index in [1.165, 1.54) is 10.9 Å². The molecule has 0 aliphatic heterocycles. The van der Waals surface area contributed by atoms with Gasteiger partial charge in [0.15, 0.2) is 11.2 Å². The molecule has 0 saturated heterocycles. The number of fused-ring (bicyclic) bond motifs is 1. The number of imidazole rings is 1. The molecule has 7 nitrogen and oxygen atoms in total. The Hall–Kier alpha value is -1.01. The zero-order valence-corrected chi connectivity index (χ0v) is 13.4. The van der Waals surface area contributed by atoms with Gasteiger partial charge >= 0.3 is 10.9 Å². The van der Waals surface area contributed by atoms with Crippen molar-refractivity contribution in [1.82, 2.24) is 19.1 Å². The largest absolute Gasteiger partial charge is 0.339 e. The number of aromatic amines is 1. The van der Waals surface area contributed by atoms with Crippen LogP contribution >= 0.6 is 38.9 Å². The molecule has 11 heteroatoms. The maximum absolute atomic E-state index is 11.5. The summed E-state index contributed by atoms with van der Waals surface area (Å²) in [4.78, 5) is 29.0. The fourth-order valence-electron chi connectivity index (χ4n) is 1.46. The van der Waals surface area contributed by atoms with E-state index < -0.39 is 16.4 Å². The zero-order valence-electron chi connectivity index (χ0n) is 10.2. The second-order valence-electron chi connectivity index (χ2n) is 3.57. The summed E-state index contributed by atoms with van der Waals surface area (Å²) < 4.78 is 12.5. The van der Waals surface area contributed by atoms with Crippen LogP contribution in [0.2, 0.25) is 0 Å². The van der Waals surface area contributed by atoms with Crippen LogP contribution in [-0.4, -0.2) is 19.1 Å².